The molecule has 3 aromatic rings. The quantitative estimate of drug-likeness (QED) is 0.289. The van der Waals surface area contributed by atoms with E-state index in [0.29, 0.717) is 21.3 Å². The summed E-state index contributed by atoms with van der Waals surface area (Å²) in [6.45, 7) is 3.97. The van der Waals surface area contributed by atoms with Crippen LogP contribution in [0.3, 0.4) is 0 Å². The van der Waals surface area contributed by atoms with Crippen LogP contribution in [0.2, 0.25) is 0 Å². The molecule has 0 saturated carbocycles. The molecule has 154 valence electrons. The fourth-order valence-corrected chi connectivity index (χ4v) is 4.11. The Labute approximate surface area is 184 Å². The third kappa shape index (κ3) is 4.41. The number of thioether (sulfide) groups is 1. The number of amidine groups is 1. The molecule has 1 amide bonds. The average Bonchev–Trinajstić information content (AvgIpc) is 3.05. The standard InChI is InChI=1S/C24H19N3O3S/c1-16-7-11-19(12-8-16)25-24-26(20-13-9-17(2)10-14-20)23(28)22(31-24)15-18-5-3-4-6-21(18)27(29)30/h3-15H,1-2H3/b22-15+,25-24?. The Morgan fingerprint density at radius 3 is 2.19 bits per heavy atom. The van der Waals surface area contributed by atoms with E-state index in [1.165, 1.54) is 17.8 Å². The molecule has 0 bridgehead atoms. The van der Waals surface area contributed by atoms with E-state index in [1.807, 2.05) is 62.4 Å². The number of benzene rings is 3. The third-order valence-corrected chi connectivity index (χ3v) is 5.75. The second-order valence-corrected chi connectivity index (χ2v) is 8.14. The van der Waals surface area contributed by atoms with E-state index < -0.39 is 4.92 Å². The molecule has 4 rings (SSSR count). The molecule has 6 nitrogen and oxygen atoms in total. The van der Waals surface area contributed by atoms with Crippen molar-refractivity contribution < 1.29 is 9.72 Å². The van der Waals surface area contributed by atoms with Crippen molar-refractivity contribution >= 4 is 46.0 Å². The summed E-state index contributed by atoms with van der Waals surface area (Å²) >= 11 is 1.21. The summed E-state index contributed by atoms with van der Waals surface area (Å²) in [5.74, 6) is -0.266. The first-order chi connectivity index (χ1) is 14.9. The highest BCUT2D eigenvalue weighted by Gasteiger charge is 2.35. The van der Waals surface area contributed by atoms with Crippen molar-refractivity contribution in [3.63, 3.8) is 0 Å². The normalized spacial score (nSPS) is 16.3. The maximum atomic E-state index is 13.3. The number of nitrogens with zero attached hydrogens (tertiary/aromatic N) is 3. The number of para-hydroxylation sites is 1. The zero-order chi connectivity index (χ0) is 22.0. The highest BCUT2D eigenvalue weighted by atomic mass is 32.2. The van der Waals surface area contributed by atoms with Gasteiger partial charge in [0, 0.05) is 6.07 Å². The molecule has 0 unspecified atom stereocenters. The number of rotatable bonds is 4. The first-order valence-corrected chi connectivity index (χ1v) is 10.4. The molecule has 1 aliphatic rings. The number of hydrogen-bond acceptors (Lipinski definition) is 5. The van der Waals surface area contributed by atoms with Crippen molar-refractivity contribution in [1.29, 1.82) is 0 Å². The Bertz CT molecular complexity index is 1220. The number of aliphatic imine (C=N–C) groups is 1. The van der Waals surface area contributed by atoms with Gasteiger partial charge in [-0.3, -0.25) is 19.8 Å². The van der Waals surface area contributed by atoms with E-state index >= 15 is 0 Å². The van der Waals surface area contributed by atoms with Gasteiger partial charge in [-0.05, 0) is 62.0 Å². The summed E-state index contributed by atoms with van der Waals surface area (Å²) in [4.78, 5) is 30.9. The summed E-state index contributed by atoms with van der Waals surface area (Å²) < 4.78 is 0. The van der Waals surface area contributed by atoms with Crippen LogP contribution in [0.1, 0.15) is 16.7 Å². The van der Waals surface area contributed by atoms with Crippen LogP contribution in [0.15, 0.2) is 82.7 Å². The third-order valence-electron chi connectivity index (χ3n) is 4.78. The molecule has 1 heterocycles. The van der Waals surface area contributed by atoms with Gasteiger partial charge in [0.1, 0.15) is 0 Å². The lowest BCUT2D eigenvalue weighted by Gasteiger charge is -2.16. The molecular weight excluding hydrogens is 410 g/mol. The fourth-order valence-electron chi connectivity index (χ4n) is 3.12. The molecule has 0 N–H and O–H groups in total. The van der Waals surface area contributed by atoms with Gasteiger partial charge in [-0.2, -0.15) is 0 Å². The van der Waals surface area contributed by atoms with Gasteiger partial charge >= 0.3 is 0 Å². The molecule has 1 aliphatic heterocycles. The number of anilines is 1. The monoisotopic (exact) mass is 429 g/mol. The largest absolute Gasteiger partial charge is 0.276 e. The summed E-state index contributed by atoms with van der Waals surface area (Å²) in [7, 11) is 0. The SMILES string of the molecule is Cc1ccc(N=C2S/C(=C/c3ccccc3[N+](=O)[O-])C(=O)N2c2ccc(C)cc2)cc1. The van der Waals surface area contributed by atoms with E-state index in [2.05, 4.69) is 4.99 Å². The van der Waals surface area contributed by atoms with Crippen molar-refractivity contribution in [2.45, 2.75) is 13.8 Å². The molecule has 1 fully saturated rings. The molecule has 0 atom stereocenters. The first kappa shape index (κ1) is 20.6. The highest BCUT2D eigenvalue weighted by molar-refractivity contribution is 8.19. The van der Waals surface area contributed by atoms with Crippen LogP contribution < -0.4 is 4.90 Å². The molecule has 7 heteroatoms. The second-order valence-electron chi connectivity index (χ2n) is 7.13. The lowest BCUT2D eigenvalue weighted by molar-refractivity contribution is -0.385. The average molecular weight is 430 g/mol. The minimum atomic E-state index is -0.449. The van der Waals surface area contributed by atoms with E-state index in [-0.39, 0.29) is 11.6 Å². The van der Waals surface area contributed by atoms with Crippen molar-refractivity contribution in [3.8, 4) is 0 Å². The predicted molar refractivity (Wildman–Crippen MR) is 126 cm³/mol. The van der Waals surface area contributed by atoms with Gasteiger partial charge in [-0.1, -0.05) is 47.5 Å². The smallest absolute Gasteiger partial charge is 0.268 e. The number of carbonyl (C=O) groups excluding carboxylic acids is 1. The van der Waals surface area contributed by atoms with E-state index in [0.717, 1.165) is 16.8 Å². The number of nitro groups is 1. The number of amides is 1. The van der Waals surface area contributed by atoms with E-state index in [4.69, 9.17) is 0 Å². The zero-order valence-corrected chi connectivity index (χ0v) is 17.8. The zero-order valence-electron chi connectivity index (χ0n) is 17.0. The van der Waals surface area contributed by atoms with Crippen LogP contribution in [0, 0.1) is 24.0 Å². The van der Waals surface area contributed by atoms with Gasteiger partial charge in [0.15, 0.2) is 5.17 Å². The van der Waals surface area contributed by atoms with Crippen LogP contribution in [0.25, 0.3) is 6.08 Å². The summed E-state index contributed by atoms with van der Waals surface area (Å²) in [6.07, 6.45) is 1.56. The van der Waals surface area contributed by atoms with Gasteiger partial charge in [0.25, 0.3) is 11.6 Å². The summed E-state index contributed by atoms with van der Waals surface area (Å²) in [6, 6.07) is 21.7. The topological polar surface area (TPSA) is 75.8 Å². The maximum absolute atomic E-state index is 13.3. The predicted octanol–water partition coefficient (Wildman–Crippen LogP) is 6.02. The van der Waals surface area contributed by atoms with Crippen LogP contribution in [-0.4, -0.2) is 16.0 Å². The molecule has 0 spiro atoms. The highest BCUT2D eigenvalue weighted by Crippen LogP contribution is 2.38. The van der Waals surface area contributed by atoms with Crippen molar-refractivity contribution in [2.24, 2.45) is 4.99 Å². The lowest BCUT2D eigenvalue weighted by atomic mass is 10.1. The maximum Gasteiger partial charge on any atom is 0.276 e. The number of aryl methyl sites for hydroxylation is 2. The number of carbonyl (C=O) groups is 1. The molecule has 31 heavy (non-hydrogen) atoms. The van der Waals surface area contributed by atoms with Gasteiger partial charge in [-0.15, -0.1) is 0 Å². The van der Waals surface area contributed by atoms with Crippen molar-refractivity contribution in [1.82, 2.24) is 0 Å². The van der Waals surface area contributed by atoms with Crippen molar-refractivity contribution in [3.05, 3.63) is 105 Å². The van der Waals surface area contributed by atoms with Crippen LogP contribution in [0.4, 0.5) is 17.1 Å². The minimum Gasteiger partial charge on any atom is -0.268 e. The van der Waals surface area contributed by atoms with Gasteiger partial charge in [0.05, 0.1) is 26.8 Å². The first-order valence-electron chi connectivity index (χ1n) is 9.62. The molecular formula is C24H19N3O3S. The Morgan fingerprint density at radius 2 is 1.55 bits per heavy atom. The second kappa shape index (κ2) is 8.57. The Kier molecular flexibility index (Phi) is 5.68. The van der Waals surface area contributed by atoms with E-state index in [9.17, 15) is 14.9 Å². The molecule has 0 aromatic heterocycles. The van der Waals surface area contributed by atoms with Crippen LogP contribution in [0.5, 0.6) is 0 Å². The Balaban J connectivity index is 1.80. The number of hydrogen-bond donors (Lipinski definition) is 0. The van der Waals surface area contributed by atoms with Crippen molar-refractivity contribution in [2.75, 3.05) is 4.90 Å². The van der Waals surface area contributed by atoms with Crippen LogP contribution in [-0.2, 0) is 4.79 Å². The van der Waals surface area contributed by atoms with Gasteiger partial charge in [0.2, 0.25) is 0 Å². The Hall–Kier alpha value is -3.71. The van der Waals surface area contributed by atoms with Gasteiger partial charge < -0.3 is 0 Å². The molecule has 3 aromatic carbocycles. The molecule has 0 aliphatic carbocycles. The number of nitro benzene ring substituents is 1. The summed E-state index contributed by atoms with van der Waals surface area (Å²) in [5.41, 5.74) is 3.95. The summed E-state index contributed by atoms with van der Waals surface area (Å²) in [5, 5.41) is 11.9. The van der Waals surface area contributed by atoms with Gasteiger partial charge in [-0.25, -0.2) is 4.99 Å². The Morgan fingerprint density at radius 1 is 0.935 bits per heavy atom. The molecule has 0 radical (unpaired) electrons. The van der Waals surface area contributed by atoms with E-state index in [1.54, 1.807) is 29.2 Å². The fraction of sp³-hybridized carbons (Fsp3) is 0.0833. The lowest BCUT2D eigenvalue weighted by Crippen LogP contribution is -2.28. The molecule has 1 saturated heterocycles. The minimum absolute atomic E-state index is 0.0470. The van der Waals surface area contributed by atoms with Crippen LogP contribution >= 0.6 is 11.8 Å².